The summed E-state index contributed by atoms with van der Waals surface area (Å²) in [6, 6.07) is 7.27. The van der Waals surface area contributed by atoms with Crippen LogP contribution in [-0.4, -0.2) is 28.7 Å². The van der Waals surface area contributed by atoms with Crippen LogP contribution in [0, 0.1) is 11.7 Å². The zero-order valence-electron chi connectivity index (χ0n) is 16.0. The lowest BCUT2D eigenvalue weighted by Crippen LogP contribution is -2.29. The van der Waals surface area contributed by atoms with Gasteiger partial charge in [-0.2, -0.15) is 13.2 Å². The highest BCUT2D eigenvalue weighted by Crippen LogP contribution is 2.50. The number of fused-ring (bicyclic) bond motifs is 1. The highest BCUT2D eigenvalue weighted by atomic mass is 19.4. The molecular weight excluding hydrogens is 402 g/mol. The molecule has 1 saturated carbocycles. The number of amides is 1. The first-order valence-electron chi connectivity index (χ1n) is 9.44. The number of carbonyl (C=O) groups excluding carboxylic acids is 1. The monoisotopic (exact) mass is 421 g/mol. The fourth-order valence-electron chi connectivity index (χ4n) is 3.58. The Balaban J connectivity index is 1.36. The number of alkyl halides is 3. The number of hydrogen-bond acceptors (Lipinski definition) is 3. The molecule has 3 atom stereocenters. The number of aromatic amines is 1. The normalized spacial score (nSPS) is 19.5. The van der Waals surface area contributed by atoms with E-state index in [1.165, 1.54) is 24.4 Å². The summed E-state index contributed by atoms with van der Waals surface area (Å²) in [5, 5.41) is 3.38. The topological polar surface area (TPSA) is 67.0 Å². The predicted octanol–water partition coefficient (Wildman–Crippen LogP) is 4.62. The van der Waals surface area contributed by atoms with Gasteiger partial charge in [0.25, 0.3) is 0 Å². The van der Waals surface area contributed by atoms with Crippen molar-refractivity contribution in [2.45, 2.75) is 31.5 Å². The van der Waals surface area contributed by atoms with Crippen LogP contribution in [0.2, 0.25) is 0 Å². The lowest BCUT2D eigenvalue weighted by Gasteiger charge is -2.14. The maximum atomic E-state index is 14.2. The molecule has 0 saturated heterocycles. The number of rotatable bonds is 6. The molecule has 0 aliphatic heterocycles. The van der Waals surface area contributed by atoms with Crippen molar-refractivity contribution in [1.82, 2.24) is 15.3 Å². The minimum atomic E-state index is -4.42. The average Bonchev–Trinajstić information content (AvgIpc) is 3.38. The van der Waals surface area contributed by atoms with E-state index in [0.29, 0.717) is 23.0 Å². The minimum absolute atomic E-state index is 0.00165. The number of nitrogens with zero attached hydrogens (tertiary/aromatic N) is 1. The largest absolute Gasteiger partial charge is 0.483 e. The molecule has 2 aromatic heterocycles. The lowest BCUT2D eigenvalue weighted by molar-refractivity contribution is -0.153. The Kier molecular flexibility index (Phi) is 5.13. The number of ether oxygens (including phenoxy) is 1. The van der Waals surface area contributed by atoms with E-state index in [0.717, 1.165) is 5.56 Å². The summed E-state index contributed by atoms with van der Waals surface area (Å²) in [6.45, 7) is 0.344. The maximum Gasteiger partial charge on any atom is 0.422 e. The first-order valence-corrected chi connectivity index (χ1v) is 9.44. The average molecular weight is 421 g/mol. The van der Waals surface area contributed by atoms with Gasteiger partial charge in [0.1, 0.15) is 11.6 Å². The van der Waals surface area contributed by atoms with Crippen molar-refractivity contribution in [3.05, 3.63) is 59.8 Å². The molecule has 1 amide bonds. The summed E-state index contributed by atoms with van der Waals surface area (Å²) in [5.74, 6) is -0.815. The van der Waals surface area contributed by atoms with E-state index in [-0.39, 0.29) is 29.3 Å². The summed E-state index contributed by atoms with van der Waals surface area (Å²) in [7, 11) is 0. The van der Waals surface area contributed by atoms with E-state index in [2.05, 4.69) is 20.0 Å². The maximum absolute atomic E-state index is 14.2. The first-order chi connectivity index (χ1) is 14.2. The Morgan fingerprint density at radius 2 is 2.13 bits per heavy atom. The van der Waals surface area contributed by atoms with Crippen molar-refractivity contribution in [3.63, 3.8) is 0 Å². The highest BCUT2D eigenvalue weighted by molar-refractivity contribution is 5.88. The van der Waals surface area contributed by atoms with Gasteiger partial charge in [0.2, 0.25) is 5.91 Å². The molecule has 1 aliphatic carbocycles. The molecule has 1 aromatic carbocycles. The number of H-pyrrole nitrogens is 1. The van der Waals surface area contributed by atoms with Crippen LogP contribution in [0.4, 0.5) is 17.6 Å². The van der Waals surface area contributed by atoms with Crippen LogP contribution in [0.5, 0.6) is 5.75 Å². The van der Waals surface area contributed by atoms with Gasteiger partial charge in [-0.05, 0) is 49.1 Å². The van der Waals surface area contributed by atoms with Gasteiger partial charge in [0, 0.05) is 23.0 Å². The van der Waals surface area contributed by atoms with Gasteiger partial charge in [-0.3, -0.25) is 9.78 Å². The van der Waals surface area contributed by atoms with Crippen LogP contribution in [-0.2, 0) is 4.79 Å². The van der Waals surface area contributed by atoms with Gasteiger partial charge in [0.05, 0.1) is 17.9 Å². The number of pyridine rings is 1. The summed E-state index contributed by atoms with van der Waals surface area (Å²) >= 11 is 0. The van der Waals surface area contributed by atoms with Gasteiger partial charge in [0.15, 0.2) is 6.61 Å². The molecule has 1 aliphatic rings. The van der Waals surface area contributed by atoms with Crippen molar-refractivity contribution in [2.75, 3.05) is 6.61 Å². The summed E-state index contributed by atoms with van der Waals surface area (Å²) in [5.41, 5.74) is 1.99. The van der Waals surface area contributed by atoms with E-state index < -0.39 is 18.8 Å². The molecule has 2 heterocycles. The molecule has 0 spiro atoms. The number of nitrogens with one attached hydrogen (secondary N) is 2. The zero-order valence-corrected chi connectivity index (χ0v) is 16.0. The molecule has 9 heteroatoms. The fraction of sp³-hybridized carbons (Fsp3) is 0.333. The number of carbonyl (C=O) groups is 1. The number of benzene rings is 1. The van der Waals surface area contributed by atoms with E-state index in [1.807, 2.05) is 0 Å². The second kappa shape index (κ2) is 7.62. The van der Waals surface area contributed by atoms with Crippen molar-refractivity contribution >= 4 is 16.8 Å². The van der Waals surface area contributed by atoms with Crippen LogP contribution in [0.25, 0.3) is 10.9 Å². The third kappa shape index (κ3) is 4.24. The van der Waals surface area contributed by atoms with Crippen LogP contribution in [0.15, 0.2) is 42.7 Å². The standard InChI is InChI=1S/C21H19F4N3O2/c1-11(17-6-5-12(8-26-17)30-10-21(23,24)25)28-20(29)14-7-13(14)15-9-27-18-4-2-3-16(22)19(15)18/h2-6,8-9,11,13-14,27H,7,10H2,1H3,(H,28,29)/t11-,13?,14?/m1/s1. The Bertz CT molecular complexity index is 1060. The van der Waals surface area contributed by atoms with Gasteiger partial charge in [-0.15, -0.1) is 0 Å². The zero-order chi connectivity index (χ0) is 21.5. The number of aromatic nitrogens is 2. The number of hydrogen-bond donors (Lipinski definition) is 2. The molecule has 3 aromatic rings. The predicted molar refractivity (Wildman–Crippen MR) is 101 cm³/mol. The lowest BCUT2D eigenvalue weighted by atomic mass is 10.1. The second-order valence-corrected chi connectivity index (χ2v) is 7.41. The van der Waals surface area contributed by atoms with Gasteiger partial charge in [-0.25, -0.2) is 4.39 Å². The Morgan fingerprint density at radius 3 is 2.83 bits per heavy atom. The van der Waals surface area contributed by atoms with Crippen LogP contribution in [0.1, 0.15) is 36.6 Å². The Labute approximate surface area is 169 Å². The van der Waals surface area contributed by atoms with Gasteiger partial charge < -0.3 is 15.0 Å². The molecule has 0 radical (unpaired) electrons. The molecule has 5 nitrogen and oxygen atoms in total. The van der Waals surface area contributed by atoms with Crippen LogP contribution >= 0.6 is 0 Å². The van der Waals surface area contributed by atoms with Crippen LogP contribution in [0.3, 0.4) is 0 Å². The molecule has 1 fully saturated rings. The Hall–Kier alpha value is -3.10. The van der Waals surface area contributed by atoms with E-state index in [1.54, 1.807) is 25.3 Å². The molecule has 2 unspecified atom stereocenters. The van der Waals surface area contributed by atoms with E-state index >= 15 is 0 Å². The molecule has 2 N–H and O–H groups in total. The number of halogens is 4. The van der Waals surface area contributed by atoms with Crippen LogP contribution < -0.4 is 10.1 Å². The molecule has 30 heavy (non-hydrogen) atoms. The summed E-state index contributed by atoms with van der Waals surface area (Å²) in [4.78, 5) is 19.7. The highest BCUT2D eigenvalue weighted by Gasteiger charge is 2.45. The molecule has 4 rings (SSSR count). The third-order valence-electron chi connectivity index (χ3n) is 5.18. The minimum Gasteiger partial charge on any atom is -0.483 e. The summed E-state index contributed by atoms with van der Waals surface area (Å²) < 4.78 is 55.4. The first kappa shape index (κ1) is 20.2. The van der Waals surface area contributed by atoms with Gasteiger partial charge >= 0.3 is 6.18 Å². The summed E-state index contributed by atoms with van der Waals surface area (Å²) in [6.07, 6.45) is -0.860. The molecule has 158 valence electrons. The van der Waals surface area contributed by atoms with E-state index in [9.17, 15) is 22.4 Å². The van der Waals surface area contributed by atoms with E-state index in [4.69, 9.17) is 0 Å². The quantitative estimate of drug-likeness (QED) is 0.571. The van der Waals surface area contributed by atoms with Crippen molar-refractivity contribution in [1.29, 1.82) is 0 Å². The Morgan fingerprint density at radius 1 is 1.33 bits per heavy atom. The van der Waals surface area contributed by atoms with Crippen molar-refractivity contribution in [2.24, 2.45) is 5.92 Å². The molecule has 0 bridgehead atoms. The fourth-order valence-corrected chi connectivity index (χ4v) is 3.58. The second-order valence-electron chi connectivity index (χ2n) is 7.41. The third-order valence-corrected chi connectivity index (χ3v) is 5.18. The van der Waals surface area contributed by atoms with Crippen molar-refractivity contribution in [3.8, 4) is 5.75 Å². The molecular formula is C21H19F4N3O2. The SMILES string of the molecule is C[C@@H](NC(=O)C1CC1c1c[nH]c2cccc(F)c12)c1ccc(OCC(F)(F)F)cn1. The smallest absolute Gasteiger partial charge is 0.422 e. The van der Waals surface area contributed by atoms with Crippen molar-refractivity contribution < 1.29 is 27.1 Å². The van der Waals surface area contributed by atoms with Gasteiger partial charge in [-0.1, -0.05) is 6.07 Å².